The van der Waals surface area contributed by atoms with Crippen molar-refractivity contribution in [2.75, 3.05) is 5.75 Å². The van der Waals surface area contributed by atoms with E-state index in [0.717, 1.165) is 0 Å². The number of carbonyl (C=O) groups is 2. The molecule has 1 aromatic heterocycles. The second kappa shape index (κ2) is 5.00. The highest BCUT2D eigenvalue weighted by molar-refractivity contribution is 8.00. The standard InChI is InChI=1S/C10H12N6O3S2/c1-15-7(12-13-14-15)6(20)3-2-21-9-4(11)8(17)16(9)5(3)10(18)19/h4,6,9,20H,2,11H2,1H3,(H,18,19)/t4?,6?,9-/m1/s1. The van der Waals surface area contributed by atoms with Crippen molar-refractivity contribution in [3.8, 4) is 0 Å². The van der Waals surface area contributed by atoms with E-state index in [4.69, 9.17) is 5.73 Å². The van der Waals surface area contributed by atoms with Crippen LogP contribution in [0.2, 0.25) is 0 Å². The molecule has 21 heavy (non-hydrogen) atoms. The van der Waals surface area contributed by atoms with Crippen LogP contribution in [0.1, 0.15) is 11.1 Å². The fourth-order valence-electron chi connectivity index (χ4n) is 2.37. The first-order valence-electron chi connectivity index (χ1n) is 6.00. The quantitative estimate of drug-likeness (QED) is 0.464. The molecule has 0 aliphatic carbocycles. The van der Waals surface area contributed by atoms with Crippen molar-refractivity contribution in [3.05, 3.63) is 17.1 Å². The maximum Gasteiger partial charge on any atom is 0.352 e. The Labute approximate surface area is 128 Å². The number of thiol groups is 1. The number of carboxylic acid groups (broad SMARTS) is 1. The normalized spacial score (nSPS) is 26.4. The van der Waals surface area contributed by atoms with Gasteiger partial charge in [0.15, 0.2) is 5.82 Å². The number of nitrogens with two attached hydrogens (primary N) is 1. The molecule has 3 heterocycles. The Hall–Kier alpha value is -1.59. The molecule has 1 amide bonds. The molecule has 0 radical (unpaired) electrons. The molecule has 3 atom stereocenters. The van der Waals surface area contributed by atoms with E-state index in [-0.39, 0.29) is 11.1 Å². The summed E-state index contributed by atoms with van der Waals surface area (Å²) >= 11 is 5.85. The monoisotopic (exact) mass is 328 g/mol. The zero-order chi connectivity index (χ0) is 15.3. The molecule has 1 aromatic rings. The van der Waals surface area contributed by atoms with Crippen molar-refractivity contribution in [1.29, 1.82) is 0 Å². The molecule has 0 saturated carbocycles. The van der Waals surface area contributed by atoms with Crippen molar-refractivity contribution in [2.24, 2.45) is 12.8 Å². The van der Waals surface area contributed by atoms with Crippen LogP contribution >= 0.6 is 24.4 Å². The van der Waals surface area contributed by atoms with Crippen molar-refractivity contribution in [1.82, 2.24) is 25.1 Å². The number of hydrogen-bond acceptors (Lipinski definition) is 8. The molecule has 0 bridgehead atoms. The van der Waals surface area contributed by atoms with Gasteiger partial charge in [0.25, 0.3) is 0 Å². The Kier molecular flexibility index (Phi) is 3.42. The van der Waals surface area contributed by atoms with Crippen molar-refractivity contribution >= 4 is 36.3 Å². The summed E-state index contributed by atoms with van der Waals surface area (Å²) in [6, 6.07) is -0.652. The number of aliphatic carboxylic acids is 1. The third kappa shape index (κ3) is 2.03. The molecular formula is C10H12N6O3S2. The molecule has 112 valence electrons. The Morgan fingerprint density at radius 3 is 2.90 bits per heavy atom. The number of aryl methyl sites for hydroxylation is 1. The molecule has 0 aromatic carbocycles. The van der Waals surface area contributed by atoms with Gasteiger partial charge in [-0.3, -0.25) is 9.69 Å². The largest absolute Gasteiger partial charge is 0.477 e. The Morgan fingerprint density at radius 2 is 2.33 bits per heavy atom. The summed E-state index contributed by atoms with van der Waals surface area (Å²) in [5.74, 6) is -0.739. The van der Waals surface area contributed by atoms with Crippen LogP contribution in [0.25, 0.3) is 0 Å². The second-order valence-corrected chi connectivity index (χ2v) is 6.30. The van der Waals surface area contributed by atoms with Crippen LogP contribution in [0.15, 0.2) is 11.3 Å². The minimum absolute atomic E-state index is 0.0616. The number of thioether (sulfide) groups is 1. The predicted octanol–water partition coefficient (Wildman–Crippen LogP) is -1.24. The summed E-state index contributed by atoms with van der Waals surface area (Å²) in [4.78, 5) is 24.6. The van der Waals surface area contributed by atoms with Gasteiger partial charge in [0.2, 0.25) is 5.91 Å². The summed E-state index contributed by atoms with van der Waals surface area (Å²) in [6.07, 6.45) is 0. The topological polar surface area (TPSA) is 127 Å². The minimum atomic E-state index is -1.18. The van der Waals surface area contributed by atoms with Crippen LogP contribution in [-0.2, 0) is 16.6 Å². The van der Waals surface area contributed by atoms with Gasteiger partial charge in [0.1, 0.15) is 17.1 Å². The van der Waals surface area contributed by atoms with Gasteiger partial charge in [-0.25, -0.2) is 9.48 Å². The lowest BCUT2D eigenvalue weighted by atomic mass is 10.0. The van der Waals surface area contributed by atoms with Gasteiger partial charge in [0, 0.05) is 12.8 Å². The summed E-state index contributed by atoms with van der Waals surface area (Å²) in [6.45, 7) is 0. The fraction of sp³-hybridized carbons (Fsp3) is 0.500. The molecule has 1 saturated heterocycles. The van der Waals surface area contributed by atoms with Crippen LogP contribution in [0.3, 0.4) is 0 Å². The average molecular weight is 328 g/mol. The van der Waals surface area contributed by atoms with E-state index in [1.165, 1.54) is 21.3 Å². The van der Waals surface area contributed by atoms with E-state index < -0.39 is 23.2 Å². The van der Waals surface area contributed by atoms with Gasteiger partial charge in [-0.05, 0) is 16.0 Å². The van der Waals surface area contributed by atoms with E-state index in [9.17, 15) is 14.7 Å². The van der Waals surface area contributed by atoms with Crippen LogP contribution in [-0.4, -0.2) is 59.3 Å². The maximum absolute atomic E-state index is 11.9. The Morgan fingerprint density at radius 1 is 1.62 bits per heavy atom. The molecule has 9 nitrogen and oxygen atoms in total. The number of hydrogen-bond donors (Lipinski definition) is 3. The molecule has 3 N–H and O–H groups in total. The summed E-state index contributed by atoms with van der Waals surface area (Å²) in [5, 5.41) is 19.6. The van der Waals surface area contributed by atoms with Crippen LogP contribution in [0.5, 0.6) is 0 Å². The van der Waals surface area contributed by atoms with E-state index in [1.807, 2.05) is 0 Å². The highest BCUT2D eigenvalue weighted by atomic mass is 32.2. The molecule has 0 spiro atoms. The molecule has 2 unspecified atom stereocenters. The Balaban J connectivity index is 2.04. The molecule has 11 heteroatoms. The maximum atomic E-state index is 11.9. The zero-order valence-electron chi connectivity index (χ0n) is 10.9. The lowest BCUT2D eigenvalue weighted by Crippen LogP contribution is -2.68. The zero-order valence-corrected chi connectivity index (χ0v) is 12.6. The van der Waals surface area contributed by atoms with Gasteiger partial charge in [-0.15, -0.1) is 16.9 Å². The lowest BCUT2D eigenvalue weighted by Gasteiger charge is -2.48. The summed E-state index contributed by atoms with van der Waals surface area (Å²) in [5.41, 5.74) is 6.13. The van der Waals surface area contributed by atoms with E-state index >= 15 is 0 Å². The highest BCUT2D eigenvalue weighted by Gasteiger charge is 2.52. The van der Waals surface area contributed by atoms with Crippen LogP contribution in [0, 0.1) is 0 Å². The predicted molar refractivity (Wildman–Crippen MR) is 76.3 cm³/mol. The van der Waals surface area contributed by atoms with E-state index in [2.05, 4.69) is 28.2 Å². The lowest BCUT2D eigenvalue weighted by molar-refractivity contribution is -0.148. The highest BCUT2D eigenvalue weighted by Crippen LogP contribution is 2.44. The number of amides is 1. The smallest absolute Gasteiger partial charge is 0.352 e. The molecule has 3 rings (SSSR count). The van der Waals surface area contributed by atoms with E-state index in [0.29, 0.717) is 17.2 Å². The van der Waals surface area contributed by atoms with Crippen molar-refractivity contribution in [2.45, 2.75) is 16.7 Å². The van der Waals surface area contributed by atoms with Gasteiger partial charge < -0.3 is 10.8 Å². The molecule has 1 fully saturated rings. The third-order valence-corrected chi connectivity index (χ3v) is 5.33. The number of aromatic nitrogens is 4. The van der Waals surface area contributed by atoms with Gasteiger partial charge in [-0.1, -0.05) is 0 Å². The first-order valence-corrected chi connectivity index (χ1v) is 7.57. The number of carboxylic acids is 1. The minimum Gasteiger partial charge on any atom is -0.477 e. The number of β-lactam (4-membered cyclic amide) rings is 1. The average Bonchev–Trinajstić information content (AvgIpc) is 2.90. The van der Waals surface area contributed by atoms with Gasteiger partial charge >= 0.3 is 5.97 Å². The molecule has 2 aliphatic heterocycles. The van der Waals surface area contributed by atoms with Crippen molar-refractivity contribution < 1.29 is 14.7 Å². The van der Waals surface area contributed by atoms with E-state index in [1.54, 1.807) is 7.05 Å². The Bertz CT molecular complexity index is 659. The van der Waals surface area contributed by atoms with Crippen LogP contribution < -0.4 is 5.73 Å². The number of tetrazole rings is 1. The van der Waals surface area contributed by atoms with Gasteiger partial charge in [-0.2, -0.15) is 12.6 Å². The summed E-state index contributed by atoms with van der Waals surface area (Å²) < 4.78 is 1.42. The van der Waals surface area contributed by atoms with Gasteiger partial charge in [0.05, 0.1) is 5.25 Å². The molecular weight excluding hydrogens is 316 g/mol. The van der Waals surface area contributed by atoms with Crippen molar-refractivity contribution in [3.63, 3.8) is 0 Å². The fourth-order valence-corrected chi connectivity index (χ4v) is 4.26. The molecule has 2 aliphatic rings. The number of fused-ring (bicyclic) bond motifs is 1. The first kappa shape index (κ1) is 14.4. The number of rotatable bonds is 3. The summed E-state index contributed by atoms with van der Waals surface area (Å²) in [7, 11) is 1.64. The third-order valence-electron chi connectivity index (χ3n) is 3.47. The number of nitrogens with zero attached hydrogens (tertiary/aromatic N) is 5. The SMILES string of the molecule is Cn1nnnc1C(S)C1=C(C(=O)O)N2C(=O)C(N)[C@H]2SC1. The number of carbonyl (C=O) groups excluding carboxylic acids is 1. The van der Waals surface area contributed by atoms with Crippen LogP contribution in [0.4, 0.5) is 0 Å². The first-order chi connectivity index (χ1) is 9.93. The second-order valence-electron chi connectivity index (χ2n) is 4.68.